The fourth-order valence-corrected chi connectivity index (χ4v) is 1.84. The SMILES string of the molecule is CC(=O)OC1O[C@@H]2C(O)C2[C@H]1OC(C)=O. The molecule has 15 heavy (non-hydrogen) atoms. The summed E-state index contributed by atoms with van der Waals surface area (Å²) in [6, 6.07) is 0. The molecule has 0 spiro atoms. The zero-order valence-electron chi connectivity index (χ0n) is 8.38. The van der Waals surface area contributed by atoms with E-state index in [0.717, 1.165) is 0 Å². The molecule has 2 aliphatic rings. The highest BCUT2D eigenvalue weighted by atomic mass is 16.7. The van der Waals surface area contributed by atoms with Gasteiger partial charge >= 0.3 is 11.9 Å². The summed E-state index contributed by atoms with van der Waals surface area (Å²) in [6.45, 7) is 2.50. The monoisotopic (exact) mass is 216 g/mol. The Morgan fingerprint density at radius 1 is 1.20 bits per heavy atom. The molecule has 0 bridgehead atoms. The molecule has 2 fully saturated rings. The number of ether oxygens (including phenoxy) is 3. The van der Waals surface area contributed by atoms with Crippen LogP contribution in [0.15, 0.2) is 0 Å². The number of hydrogen-bond donors (Lipinski definition) is 1. The largest absolute Gasteiger partial charge is 0.455 e. The van der Waals surface area contributed by atoms with Crippen molar-refractivity contribution in [3.63, 3.8) is 0 Å². The summed E-state index contributed by atoms with van der Waals surface area (Å²) in [5.41, 5.74) is 0. The molecule has 6 nitrogen and oxygen atoms in total. The second kappa shape index (κ2) is 3.46. The zero-order chi connectivity index (χ0) is 11.2. The van der Waals surface area contributed by atoms with E-state index in [0.29, 0.717) is 0 Å². The molecule has 1 saturated carbocycles. The van der Waals surface area contributed by atoms with Crippen molar-refractivity contribution in [2.24, 2.45) is 5.92 Å². The molecule has 84 valence electrons. The first-order valence-electron chi connectivity index (χ1n) is 4.68. The maximum Gasteiger partial charge on any atom is 0.305 e. The van der Waals surface area contributed by atoms with Gasteiger partial charge < -0.3 is 19.3 Å². The molecule has 1 heterocycles. The van der Waals surface area contributed by atoms with Crippen LogP contribution in [0.1, 0.15) is 13.8 Å². The fourth-order valence-electron chi connectivity index (χ4n) is 1.84. The van der Waals surface area contributed by atoms with E-state index in [4.69, 9.17) is 14.2 Å². The fraction of sp³-hybridized carbons (Fsp3) is 0.778. The first-order chi connectivity index (χ1) is 7.00. The smallest absolute Gasteiger partial charge is 0.305 e. The van der Waals surface area contributed by atoms with Gasteiger partial charge in [-0.3, -0.25) is 9.59 Å². The molecule has 0 aromatic heterocycles. The first-order valence-corrected chi connectivity index (χ1v) is 4.68. The third kappa shape index (κ3) is 1.82. The summed E-state index contributed by atoms with van der Waals surface area (Å²) in [5, 5.41) is 9.32. The van der Waals surface area contributed by atoms with Crippen LogP contribution in [0.3, 0.4) is 0 Å². The number of esters is 2. The lowest BCUT2D eigenvalue weighted by molar-refractivity contribution is -0.203. The topological polar surface area (TPSA) is 82.1 Å². The van der Waals surface area contributed by atoms with Crippen molar-refractivity contribution in [1.82, 2.24) is 0 Å². The molecule has 0 aromatic carbocycles. The first kappa shape index (κ1) is 10.4. The normalized spacial score (nSPS) is 41.9. The van der Waals surface area contributed by atoms with Crippen molar-refractivity contribution in [2.45, 2.75) is 38.4 Å². The van der Waals surface area contributed by atoms with E-state index in [1.807, 2.05) is 0 Å². The van der Waals surface area contributed by atoms with Gasteiger partial charge in [0, 0.05) is 13.8 Å². The number of hydrogen-bond acceptors (Lipinski definition) is 6. The van der Waals surface area contributed by atoms with Gasteiger partial charge in [0.05, 0.1) is 18.1 Å². The van der Waals surface area contributed by atoms with Crippen LogP contribution in [-0.4, -0.2) is 41.6 Å². The summed E-state index contributed by atoms with van der Waals surface area (Å²) >= 11 is 0. The lowest BCUT2D eigenvalue weighted by Gasteiger charge is -2.21. The number of carbonyl (C=O) groups is 2. The van der Waals surface area contributed by atoms with Crippen molar-refractivity contribution in [1.29, 1.82) is 0 Å². The highest BCUT2D eigenvalue weighted by Gasteiger charge is 2.66. The average Bonchev–Trinajstić information content (AvgIpc) is 2.54. The molecule has 3 unspecified atom stereocenters. The highest BCUT2D eigenvalue weighted by Crippen LogP contribution is 2.47. The van der Waals surface area contributed by atoms with Gasteiger partial charge in [0.2, 0.25) is 6.29 Å². The summed E-state index contributed by atoms with van der Waals surface area (Å²) in [4.78, 5) is 21.5. The number of carbonyl (C=O) groups excluding carboxylic acids is 2. The predicted octanol–water partition coefficient (Wildman–Crippen LogP) is -0.803. The van der Waals surface area contributed by atoms with Gasteiger partial charge in [0.1, 0.15) is 0 Å². The molecular formula is C9H12O6. The van der Waals surface area contributed by atoms with E-state index in [1.54, 1.807) is 0 Å². The second-order valence-corrected chi connectivity index (χ2v) is 3.72. The van der Waals surface area contributed by atoms with Gasteiger partial charge in [-0.05, 0) is 0 Å². The van der Waals surface area contributed by atoms with E-state index >= 15 is 0 Å². The van der Waals surface area contributed by atoms with Crippen molar-refractivity contribution in [3.05, 3.63) is 0 Å². The van der Waals surface area contributed by atoms with Crippen LogP contribution in [0.2, 0.25) is 0 Å². The third-order valence-electron chi connectivity index (χ3n) is 2.49. The van der Waals surface area contributed by atoms with Crippen LogP contribution in [0.25, 0.3) is 0 Å². The highest BCUT2D eigenvalue weighted by molar-refractivity contribution is 5.67. The lowest BCUT2D eigenvalue weighted by Crippen LogP contribution is -2.35. The summed E-state index contributed by atoms with van der Waals surface area (Å²) < 4.78 is 15.0. The third-order valence-corrected chi connectivity index (χ3v) is 2.49. The van der Waals surface area contributed by atoms with Gasteiger partial charge in [0.15, 0.2) is 6.10 Å². The number of fused-ring (bicyclic) bond motifs is 1. The maximum atomic E-state index is 10.8. The molecule has 1 aliphatic carbocycles. The van der Waals surface area contributed by atoms with Crippen LogP contribution in [-0.2, 0) is 23.8 Å². The molecule has 1 N–H and O–H groups in total. The Hall–Kier alpha value is -1.14. The Labute approximate surface area is 86.1 Å². The Morgan fingerprint density at radius 3 is 2.33 bits per heavy atom. The van der Waals surface area contributed by atoms with Gasteiger partial charge in [-0.25, -0.2) is 0 Å². The predicted molar refractivity (Wildman–Crippen MR) is 45.5 cm³/mol. The van der Waals surface area contributed by atoms with Gasteiger partial charge in [0.25, 0.3) is 0 Å². The van der Waals surface area contributed by atoms with Crippen molar-refractivity contribution < 1.29 is 28.9 Å². The minimum absolute atomic E-state index is 0.266. The second-order valence-electron chi connectivity index (χ2n) is 3.72. The van der Waals surface area contributed by atoms with E-state index < -0.39 is 30.4 Å². The average molecular weight is 216 g/mol. The van der Waals surface area contributed by atoms with Gasteiger partial charge in [-0.1, -0.05) is 0 Å². The van der Waals surface area contributed by atoms with Crippen molar-refractivity contribution in [3.8, 4) is 0 Å². The van der Waals surface area contributed by atoms with Crippen LogP contribution >= 0.6 is 0 Å². The van der Waals surface area contributed by atoms with Crippen molar-refractivity contribution in [2.75, 3.05) is 0 Å². The number of rotatable bonds is 2. The van der Waals surface area contributed by atoms with E-state index in [-0.39, 0.29) is 12.0 Å². The summed E-state index contributed by atoms with van der Waals surface area (Å²) in [6.07, 6.45) is -2.57. The molecular weight excluding hydrogens is 204 g/mol. The Bertz CT molecular complexity index is 301. The molecule has 0 aromatic rings. The van der Waals surface area contributed by atoms with E-state index in [2.05, 4.69) is 0 Å². The Balaban J connectivity index is 2.00. The van der Waals surface area contributed by atoms with Crippen LogP contribution in [0.4, 0.5) is 0 Å². The van der Waals surface area contributed by atoms with Gasteiger partial charge in [-0.15, -0.1) is 0 Å². The van der Waals surface area contributed by atoms with Crippen LogP contribution in [0, 0.1) is 5.92 Å². The van der Waals surface area contributed by atoms with Crippen molar-refractivity contribution >= 4 is 11.9 Å². The van der Waals surface area contributed by atoms with E-state index in [9.17, 15) is 14.7 Å². The minimum Gasteiger partial charge on any atom is -0.455 e. The summed E-state index contributed by atoms with van der Waals surface area (Å²) in [7, 11) is 0. The molecule has 6 heteroatoms. The minimum atomic E-state index is -0.884. The van der Waals surface area contributed by atoms with Gasteiger partial charge in [-0.2, -0.15) is 0 Å². The Morgan fingerprint density at radius 2 is 1.80 bits per heavy atom. The maximum absolute atomic E-state index is 10.8. The Kier molecular flexibility index (Phi) is 2.40. The number of aliphatic hydroxyl groups is 1. The van der Waals surface area contributed by atoms with Crippen LogP contribution < -0.4 is 0 Å². The molecule has 0 amide bonds. The molecule has 1 saturated heterocycles. The molecule has 1 aliphatic heterocycles. The number of aliphatic hydroxyl groups excluding tert-OH is 1. The van der Waals surface area contributed by atoms with E-state index in [1.165, 1.54) is 13.8 Å². The zero-order valence-corrected chi connectivity index (χ0v) is 8.38. The summed E-state index contributed by atoms with van der Waals surface area (Å²) in [5.74, 6) is -1.26. The molecule has 5 atom stereocenters. The standard InChI is InChI=1S/C9H12O6/c1-3(10)13-8-5-6(12)7(5)15-9(8)14-4(2)11/h5-9,12H,1-2H3/t5?,6?,7-,8+,9?/m0/s1. The molecule has 0 radical (unpaired) electrons. The molecule has 2 rings (SSSR count). The van der Waals surface area contributed by atoms with Crippen LogP contribution in [0.5, 0.6) is 0 Å². The quantitative estimate of drug-likeness (QED) is 0.608. The lowest BCUT2D eigenvalue weighted by atomic mass is 10.2.